The number of rotatable bonds is 3. The fourth-order valence-corrected chi connectivity index (χ4v) is 2.41. The number of aromatic nitrogens is 3. The first-order valence-corrected chi connectivity index (χ1v) is 6.83. The van der Waals surface area contributed by atoms with Crippen LogP contribution in [0.25, 0.3) is 11.3 Å². The summed E-state index contributed by atoms with van der Waals surface area (Å²) in [6.07, 6.45) is 0. The highest BCUT2D eigenvalue weighted by atomic mass is 19.1. The summed E-state index contributed by atoms with van der Waals surface area (Å²) in [5.41, 5.74) is 3.63. The monoisotopic (exact) mass is 292 g/mol. The zero-order valence-electron chi connectivity index (χ0n) is 12.0. The average Bonchev–Trinajstić information content (AvgIpc) is 2.90. The van der Waals surface area contributed by atoms with Gasteiger partial charge >= 0.3 is 0 Å². The predicted molar refractivity (Wildman–Crippen MR) is 80.4 cm³/mol. The van der Waals surface area contributed by atoms with Crippen LogP contribution in [0.5, 0.6) is 0 Å². The topological polar surface area (TPSA) is 54.5 Å². The Kier molecular flexibility index (Phi) is 3.67. The molecule has 0 saturated carbocycles. The summed E-state index contributed by atoms with van der Waals surface area (Å²) < 4.78 is 15.0. The van der Waals surface area contributed by atoms with Crippen LogP contribution >= 0.6 is 0 Å². The van der Waals surface area contributed by atoms with Gasteiger partial charge in [-0.2, -0.15) is 5.26 Å². The molecule has 22 heavy (non-hydrogen) atoms. The second kappa shape index (κ2) is 5.78. The fraction of sp³-hybridized carbons (Fsp3) is 0.118. The van der Waals surface area contributed by atoms with Crippen LogP contribution in [0, 0.1) is 24.1 Å². The molecule has 0 aliphatic heterocycles. The van der Waals surface area contributed by atoms with Crippen molar-refractivity contribution in [2.75, 3.05) is 0 Å². The number of halogens is 1. The van der Waals surface area contributed by atoms with Gasteiger partial charge in [0, 0.05) is 5.56 Å². The Morgan fingerprint density at radius 1 is 1.18 bits per heavy atom. The summed E-state index contributed by atoms with van der Waals surface area (Å²) in [4.78, 5) is 0. The highest BCUT2D eigenvalue weighted by Gasteiger charge is 2.16. The number of hydrogen-bond acceptors (Lipinski definition) is 3. The van der Waals surface area contributed by atoms with Crippen molar-refractivity contribution in [3.05, 3.63) is 71.2 Å². The van der Waals surface area contributed by atoms with E-state index in [4.69, 9.17) is 0 Å². The summed E-state index contributed by atoms with van der Waals surface area (Å²) in [7, 11) is 0. The predicted octanol–water partition coefficient (Wildman–Crippen LogP) is 3.31. The molecule has 0 unspecified atom stereocenters. The molecular formula is C17H13FN4. The second-order valence-corrected chi connectivity index (χ2v) is 5.00. The van der Waals surface area contributed by atoms with E-state index in [1.165, 1.54) is 12.1 Å². The van der Waals surface area contributed by atoms with Crippen molar-refractivity contribution in [1.82, 2.24) is 15.0 Å². The van der Waals surface area contributed by atoms with Gasteiger partial charge < -0.3 is 0 Å². The van der Waals surface area contributed by atoms with Crippen LogP contribution in [0.2, 0.25) is 0 Å². The highest BCUT2D eigenvalue weighted by Crippen LogP contribution is 2.25. The third kappa shape index (κ3) is 2.59. The van der Waals surface area contributed by atoms with E-state index in [9.17, 15) is 9.65 Å². The van der Waals surface area contributed by atoms with Crippen molar-refractivity contribution in [2.45, 2.75) is 13.5 Å². The van der Waals surface area contributed by atoms with E-state index in [0.717, 1.165) is 16.7 Å². The lowest BCUT2D eigenvalue weighted by molar-refractivity contribution is 0.615. The second-order valence-electron chi connectivity index (χ2n) is 5.00. The Hall–Kier alpha value is -3.00. The van der Waals surface area contributed by atoms with Crippen LogP contribution in [0.1, 0.15) is 16.8 Å². The Morgan fingerprint density at radius 2 is 2.00 bits per heavy atom. The first-order valence-electron chi connectivity index (χ1n) is 6.83. The van der Waals surface area contributed by atoms with Gasteiger partial charge in [0.1, 0.15) is 17.6 Å². The molecule has 0 bridgehead atoms. The van der Waals surface area contributed by atoms with Gasteiger partial charge in [-0.05, 0) is 30.2 Å². The molecule has 0 amide bonds. The van der Waals surface area contributed by atoms with E-state index in [1.54, 1.807) is 10.7 Å². The lowest BCUT2D eigenvalue weighted by atomic mass is 10.0. The van der Waals surface area contributed by atoms with Gasteiger partial charge in [-0.3, -0.25) is 0 Å². The highest BCUT2D eigenvalue weighted by molar-refractivity contribution is 5.68. The molecule has 0 radical (unpaired) electrons. The largest absolute Gasteiger partial charge is 0.239 e. The van der Waals surface area contributed by atoms with Gasteiger partial charge in [0.05, 0.1) is 6.54 Å². The summed E-state index contributed by atoms with van der Waals surface area (Å²) in [5, 5.41) is 17.2. The quantitative estimate of drug-likeness (QED) is 0.744. The van der Waals surface area contributed by atoms with Crippen molar-refractivity contribution in [1.29, 1.82) is 5.26 Å². The minimum atomic E-state index is -0.296. The molecule has 4 nitrogen and oxygen atoms in total. The molecule has 0 saturated heterocycles. The molecule has 0 N–H and O–H groups in total. The zero-order chi connectivity index (χ0) is 15.5. The van der Waals surface area contributed by atoms with Crippen molar-refractivity contribution in [2.24, 2.45) is 0 Å². The molecule has 0 atom stereocenters. The first kappa shape index (κ1) is 14.0. The van der Waals surface area contributed by atoms with E-state index < -0.39 is 0 Å². The summed E-state index contributed by atoms with van der Waals surface area (Å²) in [5.74, 6) is -0.296. The zero-order valence-corrected chi connectivity index (χ0v) is 12.0. The number of hydrogen-bond donors (Lipinski definition) is 0. The summed E-state index contributed by atoms with van der Waals surface area (Å²) >= 11 is 0. The molecule has 1 aromatic heterocycles. The maximum atomic E-state index is 13.3. The van der Waals surface area contributed by atoms with Crippen molar-refractivity contribution >= 4 is 0 Å². The lowest BCUT2D eigenvalue weighted by Gasteiger charge is -2.09. The number of nitriles is 1. The normalized spacial score (nSPS) is 10.4. The number of nitrogens with zero attached hydrogens (tertiary/aromatic N) is 4. The Bertz CT molecular complexity index is 861. The van der Waals surface area contributed by atoms with E-state index >= 15 is 0 Å². The van der Waals surface area contributed by atoms with Gasteiger partial charge in [-0.25, -0.2) is 9.07 Å². The number of aryl methyl sites for hydroxylation is 1. The lowest BCUT2D eigenvalue weighted by Crippen LogP contribution is -2.05. The SMILES string of the molecule is Cc1ccccc1-c1c(C#N)nnn1Cc1cccc(F)c1. The van der Waals surface area contributed by atoms with E-state index in [-0.39, 0.29) is 11.5 Å². The van der Waals surface area contributed by atoms with Gasteiger partial charge in [0.15, 0.2) is 5.69 Å². The molecule has 0 aliphatic rings. The summed E-state index contributed by atoms with van der Waals surface area (Å²) in [6, 6.07) is 16.1. The van der Waals surface area contributed by atoms with E-state index in [0.29, 0.717) is 12.2 Å². The van der Waals surface area contributed by atoms with Crippen LogP contribution in [0.4, 0.5) is 4.39 Å². The Labute approximate surface area is 127 Å². The van der Waals surface area contributed by atoms with Crippen LogP contribution in [0.15, 0.2) is 48.5 Å². The fourth-order valence-electron chi connectivity index (χ4n) is 2.41. The van der Waals surface area contributed by atoms with Crippen molar-refractivity contribution in [3.63, 3.8) is 0 Å². The van der Waals surface area contributed by atoms with Gasteiger partial charge in [-0.1, -0.05) is 41.6 Å². The molecule has 2 aromatic carbocycles. The minimum absolute atomic E-state index is 0.269. The van der Waals surface area contributed by atoms with E-state index in [2.05, 4.69) is 16.4 Å². The molecule has 3 rings (SSSR count). The van der Waals surface area contributed by atoms with Crippen LogP contribution in [-0.4, -0.2) is 15.0 Å². The Morgan fingerprint density at radius 3 is 2.73 bits per heavy atom. The maximum absolute atomic E-state index is 13.3. The third-order valence-corrected chi connectivity index (χ3v) is 3.46. The van der Waals surface area contributed by atoms with E-state index in [1.807, 2.05) is 37.3 Å². The first-order chi connectivity index (χ1) is 10.7. The molecule has 0 spiro atoms. The third-order valence-electron chi connectivity index (χ3n) is 3.46. The molecule has 5 heteroatoms. The van der Waals surface area contributed by atoms with Crippen molar-refractivity contribution < 1.29 is 4.39 Å². The van der Waals surface area contributed by atoms with Crippen LogP contribution in [-0.2, 0) is 6.54 Å². The van der Waals surface area contributed by atoms with Crippen LogP contribution in [0.3, 0.4) is 0 Å². The minimum Gasteiger partial charge on any atom is -0.239 e. The number of benzene rings is 2. The smallest absolute Gasteiger partial charge is 0.190 e. The summed E-state index contributed by atoms with van der Waals surface area (Å²) in [6.45, 7) is 2.33. The van der Waals surface area contributed by atoms with Gasteiger partial charge in [-0.15, -0.1) is 5.10 Å². The van der Waals surface area contributed by atoms with Gasteiger partial charge in [0.25, 0.3) is 0 Å². The Balaban J connectivity index is 2.09. The molecule has 0 aliphatic carbocycles. The van der Waals surface area contributed by atoms with Crippen LogP contribution < -0.4 is 0 Å². The standard InChI is InChI=1S/C17H13FN4/c1-12-5-2-3-8-15(12)17-16(10-19)20-21-22(17)11-13-6-4-7-14(18)9-13/h2-9H,11H2,1H3. The molecule has 3 aromatic rings. The van der Waals surface area contributed by atoms with Gasteiger partial charge in [0.2, 0.25) is 0 Å². The van der Waals surface area contributed by atoms with Crippen molar-refractivity contribution in [3.8, 4) is 17.3 Å². The molecular weight excluding hydrogens is 279 g/mol. The molecule has 108 valence electrons. The maximum Gasteiger partial charge on any atom is 0.190 e. The average molecular weight is 292 g/mol. The molecule has 0 fully saturated rings. The molecule has 1 heterocycles.